The van der Waals surface area contributed by atoms with Gasteiger partial charge in [-0.15, -0.1) is 0 Å². The number of nitrogens with one attached hydrogen (secondary N) is 1. The first-order valence-electron chi connectivity index (χ1n) is 9.44. The number of amides is 1. The number of anilines is 1. The zero-order chi connectivity index (χ0) is 23.9. The van der Waals surface area contributed by atoms with E-state index in [0.717, 1.165) is 16.8 Å². The van der Waals surface area contributed by atoms with E-state index in [1.165, 1.54) is 30.5 Å². The molecule has 13 heteroatoms. The Morgan fingerprint density at radius 3 is 2.70 bits per heavy atom. The normalized spacial score (nSPS) is 15.7. The van der Waals surface area contributed by atoms with Crippen molar-refractivity contribution in [1.29, 1.82) is 0 Å². The van der Waals surface area contributed by atoms with E-state index in [1.54, 1.807) is 0 Å². The molecule has 33 heavy (non-hydrogen) atoms. The molecule has 2 aromatic heterocycles. The van der Waals surface area contributed by atoms with E-state index < -0.39 is 36.2 Å². The smallest absolute Gasteiger partial charge is 0.382 e. The van der Waals surface area contributed by atoms with Crippen LogP contribution in [0.5, 0.6) is 0 Å². The first kappa shape index (κ1) is 22.5. The van der Waals surface area contributed by atoms with Crippen LogP contribution >= 0.6 is 11.6 Å². The highest BCUT2D eigenvalue weighted by Crippen LogP contribution is 2.29. The van der Waals surface area contributed by atoms with E-state index in [1.807, 2.05) is 0 Å². The summed E-state index contributed by atoms with van der Waals surface area (Å²) in [5.74, 6) is -1.47. The number of hydrogen-bond acceptors (Lipinski definition) is 5. The van der Waals surface area contributed by atoms with E-state index in [0.29, 0.717) is 9.59 Å². The highest BCUT2D eigenvalue weighted by Gasteiger charge is 2.32. The first-order valence-corrected chi connectivity index (χ1v) is 9.82. The van der Waals surface area contributed by atoms with Crippen LogP contribution < -0.4 is 16.7 Å². The Kier molecular flexibility index (Phi) is 5.70. The second-order valence-electron chi connectivity index (χ2n) is 7.23. The molecule has 3 aromatic rings. The molecule has 0 bridgehead atoms. The largest absolute Gasteiger partial charge is 0.406 e. The molecule has 172 valence electrons. The number of rotatable bonds is 4. The fourth-order valence-corrected chi connectivity index (χ4v) is 3.53. The Labute approximate surface area is 188 Å². The Hall–Kier alpha value is -3.67. The molecule has 1 aromatic carbocycles. The van der Waals surface area contributed by atoms with Crippen LogP contribution in [0.1, 0.15) is 27.8 Å². The molecule has 0 aliphatic carbocycles. The van der Waals surface area contributed by atoms with Crippen molar-refractivity contribution >= 4 is 29.0 Å². The number of nitrogens with zero attached hydrogens (tertiary/aromatic N) is 4. The zero-order valence-electron chi connectivity index (χ0n) is 16.6. The second kappa shape index (κ2) is 8.35. The van der Waals surface area contributed by atoms with Gasteiger partial charge in [0.15, 0.2) is 0 Å². The fraction of sp³-hybridized carbons (Fsp3) is 0.200. The molecule has 4 rings (SSSR count). The van der Waals surface area contributed by atoms with Crippen molar-refractivity contribution in [3.8, 4) is 0 Å². The summed E-state index contributed by atoms with van der Waals surface area (Å²) >= 11 is 5.75. The van der Waals surface area contributed by atoms with Crippen molar-refractivity contribution in [2.24, 2.45) is 10.7 Å². The number of imidazole rings is 1. The summed E-state index contributed by atoms with van der Waals surface area (Å²) in [5.41, 5.74) is 5.23. The van der Waals surface area contributed by atoms with Gasteiger partial charge in [-0.25, -0.2) is 14.2 Å². The number of carbonyl (C=O) groups excluding carboxylic acids is 1. The molecule has 1 aliphatic rings. The van der Waals surface area contributed by atoms with Crippen LogP contribution in [-0.2, 0) is 13.1 Å². The van der Waals surface area contributed by atoms with Crippen LogP contribution in [0.2, 0.25) is 5.02 Å². The van der Waals surface area contributed by atoms with Gasteiger partial charge < -0.3 is 11.1 Å². The average Bonchev–Trinajstić information content (AvgIpc) is 3.04. The Balaban J connectivity index is 1.61. The minimum Gasteiger partial charge on any atom is -0.382 e. The predicted molar refractivity (Wildman–Crippen MR) is 112 cm³/mol. The topological polar surface area (TPSA) is 107 Å². The summed E-state index contributed by atoms with van der Waals surface area (Å²) in [6, 6.07) is 5.63. The molecule has 0 saturated carbocycles. The van der Waals surface area contributed by atoms with Crippen LogP contribution in [0.25, 0.3) is 0 Å². The van der Waals surface area contributed by atoms with Gasteiger partial charge >= 0.3 is 11.9 Å². The molecular formula is C20H15ClF4N6O2. The van der Waals surface area contributed by atoms with Crippen LogP contribution in [-0.4, -0.2) is 32.0 Å². The molecule has 0 radical (unpaired) electrons. The highest BCUT2D eigenvalue weighted by molar-refractivity contribution is 6.30. The number of carbonyl (C=O) groups is 1. The fourth-order valence-electron chi connectivity index (χ4n) is 3.42. The van der Waals surface area contributed by atoms with Gasteiger partial charge in [0.25, 0.3) is 5.91 Å². The standard InChI is InChI=1S/C20H15ClF4N6O2/c21-10-1-4-14(27-6-10)18(32)28-11-2-3-13(22)12(5-11)15-7-31-16(17(26)29-15)8-30(19(31)33)9-20(23,24)25/h1-6,8,15H,7,9H2,(H2,26,29)(H,28,32). The third-order valence-electron chi connectivity index (χ3n) is 4.88. The van der Waals surface area contributed by atoms with E-state index >= 15 is 0 Å². The average molecular weight is 483 g/mol. The summed E-state index contributed by atoms with van der Waals surface area (Å²) in [6.07, 6.45) is -2.34. The number of aromatic nitrogens is 3. The van der Waals surface area contributed by atoms with Crippen molar-refractivity contribution < 1.29 is 22.4 Å². The van der Waals surface area contributed by atoms with Gasteiger partial charge in [0.1, 0.15) is 29.6 Å². The number of benzene rings is 1. The quantitative estimate of drug-likeness (QED) is 0.557. The van der Waals surface area contributed by atoms with E-state index in [-0.39, 0.29) is 35.0 Å². The monoisotopic (exact) mass is 482 g/mol. The minimum absolute atomic E-state index is 0.000867. The number of alkyl halides is 3. The van der Waals surface area contributed by atoms with Gasteiger partial charge in [0.2, 0.25) is 0 Å². The Morgan fingerprint density at radius 1 is 1.27 bits per heavy atom. The van der Waals surface area contributed by atoms with Gasteiger partial charge in [0, 0.05) is 23.6 Å². The molecule has 8 nitrogen and oxygen atoms in total. The number of fused-ring (bicyclic) bond motifs is 1. The molecule has 3 N–H and O–H groups in total. The molecular weight excluding hydrogens is 468 g/mol. The molecule has 0 fully saturated rings. The molecule has 3 heterocycles. The second-order valence-corrected chi connectivity index (χ2v) is 7.67. The summed E-state index contributed by atoms with van der Waals surface area (Å²) < 4.78 is 54.3. The molecule has 0 saturated heterocycles. The molecule has 0 spiro atoms. The van der Waals surface area contributed by atoms with Crippen molar-refractivity contribution in [2.75, 3.05) is 5.32 Å². The van der Waals surface area contributed by atoms with Crippen LogP contribution in [0.15, 0.2) is 52.5 Å². The maximum Gasteiger partial charge on any atom is 0.406 e. The highest BCUT2D eigenvalue weighted by atomic mass is 35.5. The third kappa shape index (κ3) is 4.75. The number of aliphatic imine (C=N–C) groups is 1. The summed E-state index contributed by atoms with van der Waals surface area (Å²) in [4.78, 5) is 32.9. The number of halogens is 5. The minimum atomic E-state index is -4.61. The number of amidine groups is 1. The summed E-state index contributed by atoms with van der Waals surface area (Å²) in [5, 5.41) is 2.92. The maximum absolute atomic E-state index is 14.6. The molecule has 1 aliphatic heterocycles. The lowest BCUT2D eigenvalue weighted by molar-refractivity contribution is -0.141. The predicted octanol–water partition coefficient (Wildman–Crippen LogP) is 3.11. The van der Waals surface area contributed by atoms with Crippen molar-refractivity contribution in [1.82, 2.24) is 14.1 Å². The first-order chi connectivity index (χ1) is 15.5. The van der Waals surface area contributed by atoms with Gasteiger partial charge in [-0.2, -0.15) is 13.2 Å². The maximum atomic E-state index is 14.6. The van der Waals surface area contributed by atoms with E-state index in [9.17, 15) is 27.2 Å². The summed E-state index contributed by atoms with van der Waals surface area (Å²) in [6.45, 7) is -1.72. The Morgan fingerprint density at radius 2 is 2.03 bits per heavy atom. The van der Waals surface area contributed by atoms with Gasteiger partial charge in [-0.1, -0.05) is 11.6 Å². The van der Waals surface area contributed by atoms with Gasteiger partial charge in [-0.05, 0) is 30.3 Å². The zero-order valence-corrected chi connectivity index (χ0v) is 17.4. The Bertz CT molecular complexity index is 1310. The van der Waals surface area contributed by atoms with Crippen LogP contribution in [0.4, 0.5) is 23.2 Å². The number of nitrogens with two attached hydrogens (primary N) is 1. The number of hydrogen-bond donors (Lipinski definition) is 2. The summed E-state index contributed by atoms with van der Waals surface area (Å²) in [7, 11) is 0. The lowest BCUT2D eigenvalue weighted by Gasteiger charge is -2.21. The lowest BCUT2D eigenvalue weighted by atomic mass is 10.0. The van der Waals surface area contributed by atoms with Crippen molar-refractivity contribution in [3.63, 3.8) is 0 Å². The van der Waals surface area contributed by atoms with Crippen molar-refractivity contribution in [3.05, 3.63) is 81.0 Å². The molecule has 1 amide bonds. The van der Waals surface area contributed by atoms with Crippen LogP contribution in [0.3, 0.4) is 0 Å². The third-order valence-corrected chi connectivity index (χ3v) is 5.10. The van der Waals surface area contributed by atoms with Crippen molar-refractivity contribution in [2.45, 2.75) is 25.3 Å². The number of pyridine rings is 1. The van der Waals surface area contributed by atoms with E-state index in [2.05, 4.69) is 15.3 Å². The SMILES string of the molecule is NC1=NC(c2cc(NC(=O)c3ccc(Cl)cn3)ccc2F)Cn2c1cn(CC(F)(F)F)c2=O. The van der Waals surface area contributed by atoms with Gasteiger partial charge in [-0.3, -0.25) is 18.9 Å². The molecule has 1 atom stereocenters. The van der Waals surface area contributed by atoms with Crippen LogP contribution in [0, 0.1) is 5.82 Å². The van der Waals surface area contributed by atoms with Gasteiger partial charge in [0.05, 0.1) is 17.6 Å². The molecule has 1 unspecified atom stereocenters. The van der Waals surface area contributed by atoms with E-state index in [4.69, 9.17) is 17.3 Å². The lowest BCUT2D eigenvalue weighted by Crippen LogP contribution is -2.34.